The molecule has 0 spiro atoms. The normalized spacial score (nSPS) is 10.7. The molecule has 1 heterocycles. The Morgan fingerprint density at radius 3 is 2.45 bits per heavy atom. The second-order valence-electron chi connectivity index (χ2n) is 5.11. The molecule has 0 radical (unpaired) electrons. The van der Waals surface area contributed by atoms with Crippen LogP contribution < -0.4 is 5.32 Å². The van der Waals surface area contributed by atoms with Gasteiger partial charge < -0.3 is 5.32 Å². The van der Waals surface area contributed by atoms with Crippen molar-refractivity contribution in [2.45, 2.75) is 45.4 Å². The Hall–Kier alpha value is -1.35. The second kappa shape index (κ2) is 8.75. The highest BCUT2D eigenvalue weighted by Gasteiger charge is 1.99. The van der Waals surface area contributed by atoms with E-state index in [9.17, 15) is 0 Å². The largest absolute Gasteiger partial charge is 0.385 e. The van der Waals surface area contributed by atoms with Crippen molar-refractivity contribution in [2.24, 2.45) is 0 Å². The topological polar surface area (TPSA) is 24.9 Å². The summed E-state index contributed by atoms with van der Waals surface area (Å²) in [5.74, 6) is 0. The average Bonchev–Trinajstić information content (AvgIpc) is 3.01. The fraction of sp³-hybridized carbons (Fsp3) is 0.471. The van der Waals surface area contributed by atoms with Crippen LogP contribution in [0.15, 0.2) is 35.8 Å². The van der Waals surface area contributed by atoms with Gasteiger partial charge in [-0.2, -0.15) is 0 Å². The second-order valence-corrected chi connectivity index (χ2v) is 6.00. The summed E-state index contributed by atoms with van der Waals surface area (Å²) >= 11 is 1.68. The smallest absolute Gasteiger partial charge is 0.123 e. The monoisotopic (exact) mass is 288 g/mol. The Morgan fingerprint density at radius 1 is 1.00 bits per heavy atom. The molecule has 1 aromatic heterocycles. The molecule has 0 aliphatic rings. The molecule has 108 valence electrons. The molecule has 0 saturated carbocycles. The molecule has 0 amide bonds. The first-order valence-corrected chi connectivity index (χ1v) is 8.52. The molecule has 2 nitrogen and oxygen atoms in total. The lowest BCUT2D eigenvalue weighted by molar-refractivity contribution is 0.617. The molecule has 1 aromatic carbocycles. The lowest BCUT2D eigenvalue weighted by Crippen LogP contribution is -2.01. The van der Waals surface area contributed by atoms with Gasteiger partial charge in [-0.3, -0.25) is 0 Å². The van der Waals surface area contributed by atoms with Crippen LogP contribution >= 0.6 is 11.3 Å². The summed E-state index contributed by atoms with van der Waals surface area (Å²) in [6.07, 6.45) is 9.92. The third-order valence-corrected chi connectivity index (χ3v) is 4.25. The summed E-state index contributed by atoms with van der Waals surface area (Å²) in [5.41, 5.74) is 2.41. The van der Waals surface area contributed by atoms with Gasteiger partial charge in [0, 0.05) is 29.4 Å². The highest BCUT2D eigenvalue weighted by molar-refractivity contribution is 7.13. The zero-order valence-corrected chi connectivity index (χ0v) is 13.1. The lowest BCUT2D eigenvalue weighted by atomic mass is 10.1. The Balaban J connectivity index is 1.67. The Labute approximate surface area is 126 Å². The molecule has 0 fully saturated rings. The van der Waals surface area contributed by atoms with Crippen LogP contribution in [0.25, 0.3) is 10.6 Å². The quantitative estimate of drug-likeness (QED) is 0.609. The number of hydrogen-bond acceptors (Lipinski definition) is 3. The van der Waals surface area contributed by atoms with E-state index in [1.807, 2.05) is 11.6 Å². The predicted molar refractivity (Wildman–Crippen MR) is 89.4 cm³/mol. The zero-order valence-electron chi connectivity index (χ0n) is 12.3. The molecule has 0 bridgehead atoms. The summed E-state index contributed by atoms with van der Waals surface area (Å²) in [7, 11) is 0. The van der Waals surface area contributed by atoms with Crippen molar-refractivity contribution in [3.63, 3.8) is 0 Å². The van der Waals surface area contributed by atoms with Gasteiger partial charge in [-0.15, -0.1) is 11.3 Å². The number of rotatable bonds is 9. The summed E-state index contributed by atoms with van der Waals surface area (Å²) in [6.45, 7) is 3.33. The van der Waals surface area contributed by atoms with E-state index in [2.05, 4.69) is 41.5 Å². The van der Waals surface area contributed by atoms with Crippen LogP contribution in [0.2, 0.25) is 0 Å². The van der Waals surface area contributed by atoms with E-state index in [0.29, 0.717) is 0 Å². The fourth-order valence-corrected chi connectivity index (χ4v) is 2.88. The van der Waals surface area contributed by atoms with Gasteiger partial charge in [0.1, 0.15) is 5.01 Å². The third kappa shape index (κ3) is 4.97. The van der Waals surface area contributed by atoms with Crippen molar-refractivity contribution in [1.29, 1.82) is 0 Å². The molecule has 0 aliphatic carbocycles. The van der Waals surface area contributed by atoms with Crippen LogP contribution in [0.4, 0.5) is 5.69 Å². The first-order valence-electron chi connectivity index (χ1n) is 7.64. The van der Waals surface area contributed by atoms with E-state index in [0.717, 1.165) is 11.6 Å². The SMILES string of the molecule is CCCCCCCCNc1ccc(-c2nccs2)cc1. The molecular formula is C17H24N2S. The molecular weight excluding hydrogens is 264 g/mol. The molecule has 2 rings (SSSR count). The Morgan fingerprint density at radius 2 is 1.75 bits per heavy atom. The maximum atomic E-state index is 4.33. The number of aromatic nitrogens is 1. The van der Waals surface area contributed by atoms with Crippen LogP contribution in [-0.2, 0) is 0 Å². The fourth-order valence-electron chi connectivity index (χ4n) is 2.23. The number of nitrogens with one attached hydrogen (secondary N) is 1. The van der Waals surface area contributed by atoms with Crippen molar-refractivity contribution in [3.05, 3.63) is 35.8 Å². The minimum atomic E-state index is 1.07. The summed E-state index contributed by atoms with van der Waals surface area (Å²) in [4.78, 5) is 4.33. The van der Waals surface area contributed by atoms with Gasteiger partial charge >= 0.3 is 0 Å². The summed E-state index contributed by atoms with van der Waals surface area (Å²) in [6, 6.07) is 8.58. The maximum Gasteiger partial charge on any atom is 0.123 e. The molecule has 0 saturated heterocycles. The predicted octanol–water partition coefficient (Wildman–Crippen LogP) is 5.58. The summed E-state index contributed by atoms with van der Waals surface area (Å²) < 4.78 is 0. The maximum absolute atomic E-state index is 4.33. The number of nitrogens with zero attached hydrogens (tertiary/aromatic N) is 1. The zero-order chi connectivity index (χ0) is 14.0. The van der Waals surface area contributed by atoms with Crippen LogP contribution in [0.1, 0.15) is 45.4 Å². The van der Waals surface area contributed by atoms with Crippen molar-refractivity contribution in [1.82, 2.24) is 4.98 Å². The van der Waals surface area contributed by atoms with E-state index >= 15 is 0 Å². The molecule has 20 heavy (non-hydrogen) atoms. The van der Waals surface area contributed by atoms with Gasteiger partial charge in [0.15, 0.2) is 0 Å². The van der Waals surface area contributed by atoms with E-state index in [4.69, 9.17) is 0 Å². The lowest BCUT2D eigenvalue weighted by Gasteiger charge is -2.07. The van der Waals surface area contributed by atoms with Gasteiger partial charge in [-0.05, 0) is 30.7 Å². The number of benzene rings is 1. The van der Waals surface area contributed by atoms with E-state index in [1.165, 1.54) is 49.8 Å². The highest BCUT2D eigenvalue weighted by atomic mass is 32.1. The van der Waals surface area contributed by atoms with Crippen molar-refractivity contribution < 1.29 is 0 Å². The van der Waals surface area contributed by atoms with Crippen LogP contribution in [0, 0.1) is 0 Å². The number of thiazole rings is 1. The van der Waals surface area contributed by atoms with Gasteiger partial charge in [0.25, 0.3) is 0 Å². The number of anilines is 1. The van der Waals surface area contributed by atoms with Crippen molar-refractivity contribution >= 4 is 17.0 Å². The minimum absolute atomic E-state index is 1.07. The molecule has 0 aliphatic heterocycles. The summed E-state index contributed by atoms with van der Waals surface area (Å²) in [5, 5.41) is 6.60. The minimum Gasteiger partial charge on any atom is -0.385 e. The van der Waals surface area contributed by atoms with Crippen LogP contribution in [0.5, 0.6) is 0 Å². The standard InChI is InChI=1S/C17H24N2S/c1-2-3-4-5-6-7-12-18-16-10-8-15(9-11-16)17-19-13-14-20-17/h8-11,13-14,18H,2-7,12H2,1H3. The van der Waals surface area contributed by atoms with E-state index in [-0.39, 0.29) is 0 Å². The highest BCUT2D eigenvalue weighted by Crippen LogP contribution is 2.23. The van der Waals surface area contributed by atoms with Crippen LogP contribution in [-0.4, -0.2) is 11.5 Å². The third-order valence-electron chi connectivity index (χ3n) is 3.42. The van der Waals surface area contributed by atoms with Crippen molar-refractivity contribution in [3.8, 4) is 10.6 Å². The number of unbranched alkanes of at least 4 members (excludes halogenated alkanes) is 5. The first kappa shape index (κ1) is 15.0. The van der Waals surface area contributed by atoms with Gasteiger partial charge in [0.2, 0.25) is 0 Å². The first-order chi connectivity index (χ1) is 9.90. The van der Waals surface area contributed by atoms with E-state index < -0.39 is 0 Å². The van der Waals surface area contributed by atoms with Gasteiger partial charge in [0.05, 0.1) is 0 Å². The molecule has 1 N–H and O–H groups in total. The van der Waals surface area contributed by atoms with Crippen molar-refractivity contribution in [2.75, 3.05) is 11.9 Å². The number of hydrogen-bond donors (Lipinski definition) is 1. The van der Waals surface area contributed by atoms with Crippen LogP contribution in [0.3, 0.4) is 0 Å². The van der Waals surface area contributed by atoms with Gasteiger partial charge in [-0.25, -0.2) is 4.98 Å². The average molecular weight is 288 g/mol. The van der Waals surface area contributed by atoms with E-state index in [1.54, 1.807) is 11.3 Å². The molecule has 0 atom stereocenters. The van der Waals surface area contributed by atoms with Gasteiger partial charge in [-0.1, -0.05) is 39.0 Å². The molecule has 3 heteroatoms. The molecule has 0 unspecified atom stereocenters. The Bertz CT molecular complexity index is 462. The molecule has 2 aromatic rings. The Kier molecular flexibility index (Phi) is 6.58.